The van der Waals surface area contributed by atoms with Crippen molar-refractivity contribution in [2.24, 2.45) is 0 Å². The number of nitrogens with zero attached hydrogens (tertiary/aromatic N) is 3. The van der Waals surface area contributed by atoms with Crippen molar-refractivity contribution < 1.29 is 9.59 Å². The van der Waals surface area contributed by atoms with Crippen LogP contribution in [0, 0.1) is 0 Å². The van der Waals surface area contributed by atoms with E-state index >= 15 is 0 Å². The van der Waals surface area contributed by atoms with Crippen molar-refractivity contribution in [3.8, 4) is 0 Å². The number of hydrogen-bond acceptors (Lipinski definition) is 4. The lowest BCUT2D eigenvalue weighted by Gasteiger charge is -2.05. The van der Waals surface area contributed by atoms with Gasteiger partial charge in [-0.15, -0.1) is 10.2 Å². The molecule has 1 aromatic carbocycles. The van der Waals surface area contributed by atoms with Crippen LogP contribution in [0.25, 0.3) is 10.9 Å². The summed E-state index contributed by atoms with van der Waals surface area (Å²) in [4.78, 5) is 26.5. The normalized spacial score (nSPS) is 10.5. The van der Waals surface area contributed by atoms with Crippen molar-refractivity contribution >= 4 is 22.7 Å². The molecule has 0 saturated carbocycles. The van der Waals surface area contributed by atoms with Gasteiger partial charge in [-0.25, -0.2) is 4.68 Å². The van der Waals surface area contributed by atoms with Gasteiger partial charge in [0.2, 0.25) is 0 Å². The first-order valence-electron chi connectivity index (χ1n) is 6.73. The molecule has 2 aromatic heterocycles. The largest absolute Gasteiger partial charge is 0.361 e. The standard InChI is InChI=1S/C14H14N6O2/c21-13(14(22)19-20-8-17-18-9-20)15-6-5-10-7-16-12-4-2-1-3-11(10)12/h1-4,7-9,16H,5-6H2,(H,15,21)(H,19,22). The molecule has 0 spiro atoms. The number of aromatic nitrogens is 4. The number of carbonyl (C=O) groups is 2. The molecular formula is C14H14N6O2. The zero-order chi connectivity index (χ0) is 15.4. The van der Waals surface area contributed by atoms with Crippen molar-refractivity contribution in [1.82, 2.24) is 25.2 Å². The molecule has 3 aromatic rings. The highest BCUT2D eigenvalue weighted by Gasteiger charge is 2.13. The van der Waals surface area contributed by atoms with E-state index in [2.05, 4.69) is 25.9 Å². The number of hydrogen-bond donors (Lipinski definition) is 3. The van der Waals surface area contributed by atoms with Crippen molar-refractivity contribution in [3.63, 3.8) is 0 Å². The van der Waals surface area contributed by atoms with Gasteiger partial charge in [-0.05, 0) is 18.1 Å². The highest BCUT2D eigenvalue weighted by Crippen LogP contribution is 2.17. The summed E-state index contributed by atoms with van der Waals surface area (Å²) in [6.07, 6.45) is 5.12. The SMILES string of the molecule is O=C(NCCc1c[nH]c2ccccc12)C(=O)Nn1cnnc1. The molecule has 0 radical (unpaired) electrons. The zero-order valence-electron chi connectivity index (χ0n) is 11.6. The Balaban J connectivity index is 1.52. The van der Waals surface area contributed by atoms with E-state index in [4.69, 9.17) is 0 Å². The van der Waals surface area contributed by atoms with Crippen LogP contribution in [0.4, 0.5) is 0 Å². The molecule has 0 unspecified atom stereocenters. The highest BCUT2D eigenvalue weighted by atomic mass is 16.2. The van der Waals surface area contributed by atoms with Gasteiger partial charge in [0, 0.05) is 23.6 Å². The second kappa shape index (κ2) is 6.08. The van der Waals surface area contributed by atoms with Gasteiger partial charge in [0.1, 0.15) is 12.7 Å². The number of nitrogens with one attached hydrogen (secondary N) is 3. The molecule has 0 fully saturated rings. The van der Waals surface area contributed by atoms with E-state index in [0.717, 1.165) is 16.5 Å². The number of carbonyl (C=O) groups excluding carboxylic acids is 2. The summed E-state index contributed by atoms with van der Waals surface area (Å²) in [7, 11) is 0. The highest BCUT2D eigenvalue weighted by molar-refractivity contribution is 6.38. The summed E-state index contributed by atoms with van der Waals surface area (Å²) in [5.74, 6) is -1.47. The molecule has 3 rings (SSSR count). The molecule has 0 aliphatic carbocycles. The van der Waals surface area contributed by atoms with Crippen LogP contribution in [0.3, 0.4) is 0 Å². The monoisotopic (exact) mass is 298 g/mol. The second-order valence-electron chi connectivity index (χ2n) is 4.68. The van der Waals surface area contributed by atoms with Gasteiger partial charge in [-0.2, -0.15) is 0 Å². The Labute approximate surface area is 125 Å². The van der Waals surface area contributed by atoms with E-state index in [9.17, 15) is 9.59 Å². The molecule has 0 aliphatic heterocycles. The third kappa shape index (κ3) is 2.95. The van der Waals surface area contributed by atoms with E-state index in [-0.39, 0.29) is 0 Å². The Kier molecular flexibility index (Phi) is 3.82. The average Bonchev–Trinajstić information content (AvgIpc) is 3.17. The number of amides is 2. The van der Waals surface area contributed by atoms with Crippen LogP contribution < -0.4 is 10.7 Å². The fraction of sp³-hybridized carbons (Fsp3) is 0.143. The molecule has 0 atom stereocenters. The quantitative estimate of drug-likeness (QED) is 0.598. The van der Waals surface area contributed by atoms with Gasteiger partial charge in [-0.3, -0.25) is 15.0 Å². The lowest BCUT2D eigenvalue weighted by Crippen LogP contribution is -2.39. The molecule has 0 bridgehead atoms. The number of fused-ring (bicyclic) bond motifs is 1. The van der Waals surface area contributed by atoms with Crippen LogP contribution >= 0.6 is 0 Å². The number of para-hydroxylation sites is 1. The van der Waals surface area contributed by atoms with E-state index in [1.807, 2.05) is 30.5 Å². The molecule has 3 N–H and O–H groups in total. The van der Waals surface area contributed by atoms with E-state index < -0.39 is 11.8 Å². The van der Waals surface area contributed by atoms with Gasteiger partial charge < -0.3 is 10.3 Å². The summed E-state index contributed by atoms with van der Waals surface area (Å²) in [5.41, 5.74) is 4.47. The molecule has 0 aliphatic rings. The predicted molar refractivity (Wildman–Crippen MR) is 79.4 cm³/mol. The summed E-state index contributed by atoms with van der Waals surface area (Å²) < 4.78 is 1.21. The van der Waals surface area contributed by atoms with Crippen LogP contribution in [-0.2, 0) is 16.0 Å². The number of H-pyrrole nitrogens is 1. The lowest BCUT2D eigenvalue weighted by molar-refractivity contribution is -0.136. The zero-order valence-corrected chi connectivity index (χ0v) is 11.6. The Morgan fingerprint density at radius 3 is 2.73 bits per heavy atom. The Morgan fingerprint density at radius 2 is 1.91 bits per heavy atom. The maximum Gasteiger partial charge on any atom is 0.328 e. The first-order valence-corrected chi connectivity index (χ1v) is 6.73. The first kappa shape index (κ1) is 13.8. The molecule has 2 amide bonds. The number of aromatic amines is 1. The van der Waals surface area contributed by atoms with E-state index in [1.54, 1.807) is 0 Å². The molecule has 8 heteroatoms. The van der Waals surface area contributed by atoms with Gasteiger partial charge >= 0.3 is 11.8 Å². The van der Waals surface area contributed by atoms with Crippen LogP contribution in [-0.4, -0.2) is 38.2 Å². The van der Waals surface area contributed by atoms with Crippen LogP contribution in [0.1, 0.15) is 5.56 Å². The third-order valence-electron chi connectivity index (χ3n) is 3.21. The van der Waals surface area contributed by atoms with Gasteiger partial charge in [-0.1, -0.05) is 18.2 Å². The Hall–Kier alpha value is -3.16. The maximum atomic E-state index is 11.7. The van der Waals surface area contributed by atoms with Gasteiger partial charge in [0.25, 0.3) is 0 Å². The average molecular weight is 298 g/mol. The molecule has 112 valence electrons. The van der Waals surface area contributed by atoms with Crippen LogP contribution in [0.2, 0.25) is 0 Å². The van der Waals surface area contributed by atoms with Crippen molar-refractivity contribution in [1.29, 1.82) is 0 Å². The minimum Gasteiger partial charge on any atom is -0.361 e. The van der Waals surface area contributed by atoms with Gasteiger partial charge in [0.15, 0.2) is 0 Å². The number of rotatable bonds is 4. The Bertz CT molecular complexity index is 793. The molecule has 8 nitrogen and oxygen atoms in total. The topological polar surface area (TPSA) is 105 Å². The molecular weight excluding hydrogens is 284 g/mol. The van der Waals surface area contributed by atoms with Crippen LogP contribution in [0.15, 0.2) is 43.1 Å². The minimum atomic E-state index is -0.765. The second-order valence-corrected chi connectivity index (χ2v) is 4.68. The number of benzene rings is 1. The minimum absolute atomic E-state index is 0.371. The lowest BCUT2D eigenvalue weighted by atomic mass is 10.1. The van der Waals surface area contributed by atoms with Crippen molar-refractivity contribution in [3.05, 3.63) is 48.7 Å². The summed E-state index contributed by atoms with van der Waals surface area (Å²) in [6, 6.07) is 7.93. The Morgan fingerprint density at radius 1 is 1.14 bits per heavy atom. The van der Waals surface area contributed by atoms with Crippen LogP contribution in [0.5, 0.6) is 0 Å². The summed E-state index contributed by atoms with van der Waals surface area (Å²) in [6.45, 7) is 0.371. The fourth-order valence-corrected chi connectivity index (χ4v) is 2.16. The summed E-state index contributed by atoms with van der Waals surface area (Å²) >= 11 is 0. The summed E-state index contributed by atoms with van der Waals surface area (Å²) in [5, 5.41) is 10.7. The maximum absolute atomic E-state index is 11.7. The fourth-order valence-electron chi connectivity index (χ4n) is 2.16. The first-order chi connectivity index (χ1) is 10.7. The smallest absolute Gasteiger partial charge is 0.328 e. The van der Waals surface area contributed by atoms with E-state index in [0.29, 0.717) is 13.0 Å². The van der Waals surface area contributed by atoms with E-state index in [1.165, 1.54) is 17.3 Å². The molecule has 0 saturated heterocycles. The third-order valence-corrected chi connectivity index (χ3v) is 3.21. The van der Waals surface area contributed by atoms with Crippen molar-refractivity contribution in [2.75, 3.05) is 12.0 Å². The predicted octanol–water partition coefficient (Wildman–Crippen LogP) is 0.188. The van der Waals surface area contributed by atoms with Gasteiger partial charge in [0.05, 0.1) is 0 Å². The molecule has 2 heterocycles. The molecule has 22 heavy (non-hydrogen) atoms. The van der Waals surface area contributed by atoms with Crippen molar-refractivity contribution in [2.45, 2.75) is 6.42 Å².